The second-order valence-electron chi connectivity index (χ2n) is 4.68. The van der Waals surface area contributed by atoms with Crippen molar-refractivity contribution in [1.82, 2.24) is 0 Å². The third-order valence-corrected chi connectivity index (χ3v) is 3.87. The van der Waals surface area contributed by atoms with Crippen LogP contribution in [-0.4, -0.2) is 30.5 Å². The summed E-state index contributed by atoms with van der Waals surface area (Å²) in [6.45, 7) is 1.79. The van der Waals surface area contributed by atoms with E-state index >= 15 is 0 Å². The zero-order chi connectivity index (χ0) is 19.3. The quantitative estimate of drug-likeness (QED) is 0.653. The van der Waals surface area contributed by atoms with Crippen molar-refractivity contribution in [3.63, 3.8) is 0 Å². The Bertz CT molecular complexity index is 903. The fourth-order valence-corrected chi connectivity index (χ4v) is 2.65. The smallest absolute Gasteiger partial charge is 0.394 e. The first-order valence-electron chi connectivity index (χ1n) is 6.56. The molecule has 0 fully saturated rings. The molecule has 0 aromatic heterocycles. The van der Waals surface area contributed by atoms with Crippen molar-refractivity contribution in [2.45, 2.75) is 17.9 Å². The largest absolute Gasteiger partial charge is 0.485 e. The van der Waals surface area contributed by atoms with E-state index in [1.54, 1.807) is 6.92 Å². The van der Waals surface area contributed by atoms with Crippen LogP contribution in [-0.2, 0) is 20.5 Å². The molecule has 0 saturated heterocycles. The van der Waals surface area contributed by atoms with Crippen LogP contribution in [0.2, 0.25) is 5.02 Å². The highest BCUT2D eigenvalue weighted by Crippen LogP contribution is 2.30. The van der Waals surface area contributed by atoms with Gasteiger partial charge >= 0.3 is 10.4 Å². The van der Waals surface area contributed by atoms with Crippen molar-refractivity contribution in [3.05, 3.63) is 59.1 Å². The SMILES string of the molecule is CC(Oc1ccc(Cl)cc1S(=O)(=O)O)c1ccccc1.O=S(=O)(O)O. The van der Waals surface area contributed by atoms with Gasteiger partial charge in [0.2, 0.25) is 0 Å². The highest BCUT2D eigenvalue weighted by atomic mass is 35.5. The van der Waals surface area contributed by atoms with Gasteiger partial charge in [-0.1, -0.05) is 41.9 Å². The number of ether oxygens (including phenoxy) is 1. The Morgan fingerprint density at radius 3 is 1.96 bits per heavy atom. The van der Waals surface area contributed by atoms with E-state index in [0.717, 1.165) is 11.6 Å². The lowest BCUT2D eigenvalue weighted by Gasteiger charge is -2.17. The number of hydrogen-bond acceptors (Lipinski definition) is 5. The van der Waals surface area contributed by atoms with Crippen molar-refractivity contribution in [2.75, 3.05) is 0 Å². The van der Waals surface area contributed by atoms with Gasteiger partial charge in [0.25, 0.3) is 10.1 Å². The van der Waals surface area contributed by atoms with Crippen LogP contribution in [0.5, 0.6) is 5.75 Å². The fraction of sp³-hybridized carbons (Fsp3) is 0.143. The summed E-state index contributed by atoms with van der Waals surface area (Å²) in [5, 5.41) is 0.206. The summed E-state index contributed by atoms with van der Waals surface area (Å²) in [5.74, 6) is 0.0632. The minimum Gasteiger partial charge on any atom is -0.485 e. The van der Waals surface area contributed by atoms with Crippen molar-refractivity contribution in [3.8, 4) is 5.75 Å². The molecule has 0 aliphatic rings. The van der Waals surface area contributed by atoms with Gasteiger partial charge in [-0.25, -0.2) is 0 Å². The van der Waals surface area contributed by atoms with Gasteiger partial charge in [0.1, 0.15) is 16.7 Å². The minimum atomic E-state index is -4.67. The third kappa shape index (κ3) is 8.29. The molecule has 11 heteroatoms. The zero-order valence-corrected chi connectivity index (χ0v) is 15.2. The van der Waals surface area contributed by atoms with Gasteiger partial charge in [-0.2, -0.15) is 16.8 Å². The van der Waals surface area contributed by atoms with Crippen molar-refractivity contribution in [2.24, 2.45) is 0 Å². The van der Waals surface area contributed by atoms with Crippen molar-refractivity contribution < 1.29 is 35.2 Å². The van der Waals surface area contributed by atoms with Crippen LogP contribution in [0.25, 0.3) is 0 Å². The minimum absolute atomic E-state index is 0.0632. The summed E-state index contributed by atoms with van der Waals surface area (Å²) in [6, 6.07) is 13.4. The molecule has 1 unspecified atom stereocenters. The molecule has 2 aromatic rings. The van der Waals surface area contributed by atoms with E-state index in [2.05, 4.69) is 0 Å². The Kier molecular flexibility index (Phi) is 7.35. The molecule has 0 aliphatic carbocycles. The first kappa shape index (κ1) is 21.4. The van der Waals surface area contributed by atoms with Crippen LogP contribution in [0.4, 0.5) is 0 Å². The monoisotopic (exact) mass is 410 g/mol. The number of hydrogen-bond donors (Lipinski definition) is 3. The molecule has 0 bridgehead atoms. The predicted molar refractivity (Wildman–Crippen MR) is 90.9 cm³/mol. The maximum atomic E-state index is 11.3. The third-order valence-electron chi connectivity index (χ3n) is 2.76. The standard InChI is InChI=1S/C14H13ClO4S.H2O4S/c1-10(11-5-3-2-4-6-11)19-13-8-7-12(15)9-14(13)20(16,17)18;1-5(2,3)4/h2-10H,1H3,(H,16,17,18);(H2,1,2,3,4). The summed E-state index contributed by atoms with van der Waals surface area (Å²) < 4.78 is 69.1. The Morgan fingerprint density at radius 1 is 0.960 bits per heavy atom. The second-order valence-corrected chi connectivity index (χ2v) is 7.41. The molecule has 0 aliphatic heterocycles. The van der Waals surface area contributed by atoms with Crippen LogP contribution in [0, 0.1) is 0 Å². The van der Waals surface area contributed by atoms with E-state index in [9.17, 15) is 13.0 Å². The van der Waals surface area contributed by atoms with Crippen LogP contribution in [0.3, 0.4) is 0 Å². The first-order chi connectivity index (χ1) is 11.4. The van der Waals surface area contributed by atoms with Gasteiger partial charge < -0.3 is 4.74 Å². The molecule has 25 heavy (non-hydrogen) atoms. The van der Waals surface area contributed by atoms with E-state index in [1.807, 2.05) is 30.3 Å². The Hall–Kier alpha value is -1.69. The van der Waals surface area contributed by atoms with Gasteiger partial charge in [0, 0.05) is 5.02 Å². The highest BCUT2D eigenvalue weighted by molar-refractivity contribution is 7.86. The van der Waals surface area contributed by atoms with Gasteiger partial charge in [-0.15, -0.1) is 0 Å². The lowest BCUT2D eigenvalue weighted by Crippen LogP contribution is -2.07. The summed E-state index contributed by atoms with van der Waals surface area (Å²) >= 11 is 5.75. The van der Waals surface area contributed by atoms with Gasteiger partial charge in [-0.05, 0) is 30.7 Å². The molecule has 2 rings (SSSR count). The Morgan fingerprint density at radius 2 is 1.48 bits per heavy atom. The van der Waals surface area contributed by atoms with Crippen molar-refractivity contribution in [1.29, 1.82) is 0 Å². The van der Waals surface area contributed by atoms with E-state index in [1.165, 1.54) is 12.1 Å². The average Bonchev–Trinajstić information content (AvgIpc) is 2.47. The van der Waals surface area contributed by atoms with Crippen LogP contribution >= 0.6 is 11.6 Å². The molecule has 0 heterocycles. The number of rotatable bonds is 4. The molecule has 1 atom stereocenters. The van der Waals surface area contributed by atoms with Crippen LogP contribution in [0.1, 0.15) is 18.6 Å². The maximum Gasteiger partial charge on any atom is 0.394 e. The highest BCUT2D eigenvalue weighted by Gasteiger charge is 2.19. The second kappa shape index (κ2) is 8.61. The summed E-state index contributed by atoms with van der Waals surface area (Å²) in [6.07, 6.45) is -0.363. The van der Waals surface area contributed by atoms with E-state index in [-0.39, 0.29) is 21.8 Å². The summed E-state index contributed by atoms with van der Waals surface area (Å²) in [4.78, 5) is -0.340. The van der Waals surface area contributed by atoms with E-state index < -0.39 is 20.5 Å². The molecule has 8 nitrogen and oxygen atoms in total. The zero-order valence-electron chi connectivity index (χ0n) is 12.8. The van der Waals surface area contributed by atoms with E-state index in [4.69, 9.17) is 33.9 Å². The first-order valence-corrected chi connectivity index (χ1v) is 9.78. The number of benzene rings is 2. The Balaban J connectivity index is 0.000000550. The van der Waals surface area contributed by atoms with E-state index in [0.29, 0.717) is 0 Å². The topological polar surface area (TPSA) is 138 Å². The van der Waals surface area contributed by atoms with Gasteiger partial charge in [0.15, 0.2) is 0 Å². The number of halogens is 1. The molecule has 0 saturated carbocycles. The molecular formula is C14H15ClO8S2. The lowest BCUT2D eigenvalue weighted by molar-refractivity contribution is 0.220. The molecule has 0 radical (unpaired) electrons. The maximum absolute atomic E-state index is 11.3. The molecule has 3 N–H and O–H groups in total. The molecule has 0 spiro atoms. The van der Waals surface area contributed by atoms with Crippen LogP contribution in [0.15, 0.2) is 53.4 Å². The van der Waals surface area contributed by atoms with Gasteiger partial charge in [0.05, 0.1) is 0 Å². The summed E-state index contributed by atoms with van der Waals surface area (Å²) in [7, 11) is -9.06. The fourth-order valence-electron chi connectivity index (χ4n) is 1.76. The Labute approximate surface area is 150 Å². The van der Waals surface area contributed by atoms with Crippen LogP contribution < -0.4 is 4.74 Å². The molecule has 2 aromatic carbocycles. The van der Waals surface area contributed by atoms with Gasteiger partial charge in [-0.3, -0.25) is 13.7 Å². The predicted octanol–water partition coefficient (Wildman–Crippen LogP) is 3.07. The lowest BCUT2D eigenvalue weighted by atomic mass is 10.1. The normalized spacial score (nSPS) is 12.7. The summed E-state index contributed by atoms with van der Waals surface area (Å²) in [5.41, 5.74) is 0.892. The molecule has 0 amide bonds. The molecular weight excluding hydrogens is 396 g/mol. The van der Waals surface area contributed by atoms with Crippen molar-refractivity contribution >= 4 is 32.1 Å². The molecule has 138 valence electrons. The average molecular weight is 411 g/mol.